The molecule has 0 aliphatic heterocycles. The van der Waals surface area contributed by atoms with Gasteiger partial charge in [0.2, 0.25) is 0 Å². The average Bonchev–Trinajstić information content (AvgIpc) is 2.78. The molecule has 6 heteroatoms. The molecular formula is C25H20Br2N2O2. The first-order valence-electron chi connectivity index (χ1n) is 9.68. The molecule has 31 heavy (non-hydrogen) atoms. The minimum atomic E-state index is -0.458. The van der Waals surface area contributed by atoms with E-state index in [2.05, 4.69) is 37.2 Å². The van der Waals surface area contributed by atoms with Gasteiger partial charge in [-0.15, -0.1) is 0 Å². The van der Waals surface area contributed by atoms with Gasteiger partial charge in [0.15, 0.2) is 0 Å². The third-order valence-corrected chi connectivity index (χ3v) is 5.89. The summed E-state index contributed by atoms with van der Waals surface area (Å²) in [6.45, 7) is 2.37. The Labute approximate surface area is 198 Å². The molecule has 0 atom stereocenters. The number of halogens is 2. The number of aryl methyl sites for hydroxylation is 1. The van der Waals surface area contributed by atoms with Gasteiger partial charge in [0.25, 0.3) is 5.91 Å². The van der Waals surface area contributed by atoms with Crippen LogP contribution >= 0.6 is 31.9 Å². The number of nitrogens with zero attached hydrogens (tertiary/aromatic N) is 1. The van der Waals surface area contributed by atoms with Gasteiger partial charge in [-0.2, -0.15) is 5.26 Å². The maximum Gasteiger partial charge on any atom is 0.266 e. The number of rotatable bonds is 7. The number of carbonyl (C=O) groups excluding carboxylic acids is 1. The van der Waals surface area contributed by atoms with E-state index in [4.69, 9.17) is 4.74 Å². The number of benzene rings is 3. The van der Waals surface area contributed by atoms with Crippen molar-refractivity contribution in [1.29, 1.82) is 5.26 Å². The van der Waals surface area contributed by atoms with E-state index in [1.807, 2.05) is 79.7 Å². The van der Waals surface area contributed by atoms with Gasteiger partial charge in [-0.25, -0.2) is 0 Å². The van der Waals surface area contributed by atoms with Crippen LogP contribution in [0.4, 0.5) is 5.69 Å². The Morgan fingerprint density at radius 1 is 1.06 bits per heavy atom. The molecule has 0 aliphatic rings. The van der Waals surface area contributed by atoms with E-state index >= 15 is 0 Å². The predicted molar refractivity (Wildman–Crippen MR) is 131 cm³/mol. The molecule has 4 nitrogen and oxygen atoms in total. The van der Waals surface area contributed by atoms with Crippen molar-refractivity contribution in [3.05, 3.63) is 97.9 Å². The fraction of sp³-hybridized carbons (Fsp3) is 0.120. The van der Waals surface area contributed by atoms with Crippen molar-refractivity contribution in [3.63, 3.8) is 0 Å². The molecule has 0 saturated heterocycles. The number of para-hydroxylation sites is 1. The lowest BCUT2D eigenvalue weighted by Gasteiger charge is -2.12. The van der Waals surface area contributed by atoms with Crippen LogP contribution in [-0.2, 0) is 17.8 Å². The van der Waals surface area contributed by atoms with Crippen molar-refractivity contribution < 1.29 is 9.53 Å². The summed E-state index contributed by atoms with van der Waals surface area (Å²) in [6.07, 6.45) is 2.32. The molecule has 0 radical (unpaired) electrons. The monoisotopic (exact) mass is 538 g/mol. The van der Waals surface area contributed by atoms with E-state index in [0.717, 1.165) is 26.5 Å². The Bertz CT molecular complexity index is 1170. The second-order valence-electron chi connectivity index (χ2n) is 6.70. The quantitative estimate of drug-likeness (QED) is 0.262. The molecule has 0 aliphatic carbocycles. The van der Waals surface area contributed by atoms with E-state index in [1.165, 1.54) is 0 Å². The van der Waals surface area contributed by atoms with Crippen molar-refractivity contribution in [2.45, 2.75) is 20.0 Å². The lowest BCUT2D eigenvalue weighted by molar-refractivity contribution is -0.112. The second-order valence-corrected chi connectivity index (χ2v) is 8.47. The lowest BCUT2D eigenvalue weighted by atomic mass is 10.1. The summed E-state index contributed by atoms with van der Waals surface area (Å²) in [4.78, 5) is 12.8. The van der Waals surface area contributed by atoms with Gasteiger partial charge in [-0.05, 0) is 48.4 Å². The van der Waals surface area contributed by atoms with Crippen molar-refractivity contribution in [2.24, 2.45) is 0 Å². The number of nitriles is 1. The first kappa shape index (κ1) is 22.8. The van der Waals surface area contributed by atoms with Crippen molar-refractivity contribution in [1.82, 2.24) is 0 Å². The first-order valence-corrected chi connectivity index (χ1v) is 11.3. The van der Waals surface area contributed by atoms with E-state index in [-0.39, 0.29) is 5.57 Å². The number of amides is 1. The zero-order chi connectivity index (χ0) is 22.2. The highest BCUT2D eigenvalue weighted by molar-refractivity contribution is 9.10. The molecule has 0 aromatic heterocycles. The summed E-state index contributed by atoms with van der Waals surface area (Å²) < 4.78 is 7.78. The zero-order valence-corrected chi connectivity index (χ0v) is 20.0. The van der Waals surface area contributed by atoms with Crippen molar-refractivity contribution >= 4 is 49.5 Å². The number of anilines is 1. The lowest BCUT2D eigenvalue weighted by Crippen LogP contribution is -2.14. The molecule has 0 unspecified atom stereocenters. The number of ether oxygens (including phenoxy) is 1. The standard InChI is InChI=1S/C25H20Br2N2O2/c1-2-17-7-4-6-10-23(17)29-25(30)20(15-28)13-19-14-21(26)11-12-24(19)31-16-18-8-3-5-9-22(18)27/h3-14H,2,16H2,1H3,(H,29,30)/b20-13+. The fourth-order valence-electron chi connectivity index (χ4n) is 2.98. The summed E-state index contributed by atoms with van der Waals surface area (Å²) in [5, 5.41) is 12.5. The third kappa shape index (κ3) is 6.06. The van der Waals surface area contributed by atoms with Crippen LogP contribution in [0.3, 0.4) is 0 Å². The summed E-state index contributed by atoms with van der Waals surface area (Å²) in [7, 11) is 0. The highest BCUT2D eigenvalue weighted by Gasteiger charge is 2.13. The molecule has 0 saturated carbocycles. The maximum atomic E-state index is 12.8. The Balaban J connectivity index is 1.86. The van der Waals surface area contributed by atoms with Crippen molar-refractivity contribution in [2.75, 3.05) is 5.32 Å². The topological polar surface area (TPSA) is 62.1 Å². The molecule has 0 bridgehead atoms. The fourth-order valence-corrected chi connectivity index (χ4v) is 3.76. The molecule has 1 N–H and O–H groups in total. The minimum Gasteiger partial charge on any atom is -0.488 e. The maximum absolute atomic E-state index is 12.8. The van der Waals surface area contributed by atoms with Gasteiger partial charge in [0, 0.05) is 25.8 Å². The summed E-state index contributed by atoms with van der Waals surface area (Å²) in [5.41, 5.74) is 3.34. The Hall–Kier alpha value is -2.88. The highest BCUT2D eigenvalue weighted by atomic mass is 79.9. The van der Waals surface area contributed by atoms with Crippen LogP contribution < -0.4 is 10.1 Å². The van der Waals surface area contributed by atoms with E-state index < -0.39 is 5.91 Å². The van der Waals surface area contributed by atoms with Crippen LogP contribution in [0.25, 0.3) is 6.08 Å². The normalized spacial score (nSPS) is 11.0. The van der Waals surface area contributed by atoms with E-state index in [9.17, 15) is 10.1 Å². The zero-order valence-electron chi connectivity index (χ0n) is 16.9. The van der Waals surface area contributed by atoms with Crippen LogP contribution in [0.2, 0.25) is 0 Å². The Morgan fingerprint density at radius 2 is 1.77 bits per heavy atom. The van der Waals surface area contributed by atoms with Gasteiger partial charge in [-0.3, -0.25) is 4.79 Å². The second kappa shape index (κ2) is 10.9. The van der Waals surface area contributed by atoms with E-state index in [0.29, 0.717) is 23.6 Å². The molecule has 3 aromatic rings. The Kier molecular flexibility index (Phi) is 8.05. The summed E-state index contributed by atoms with van der Waals surface area (Å²) >= 11 is 6.97. The van der Waals surface area contributed by atoms with Gasteiger partial charge in [-0.1, -0.05) is 75.2 Å². The highest BCUT2D eigenvalue weighted by Crippen LogP contribution is 2.28. The molecule has 0 spiro atoms. The van der Waals surface area contributed by atoms with Crippen LogP contribution in [0.5, 0.6) is 5.75 Å². The first-order chi connectivity index (χ1) is 15.0. The van der Waals surface area contributed by atoms with Crippen molar-refractivity contribution in [3.8, 4) is 11.8 Å². The van der Waals surface area contributed by atoms with Crippen LogP contribution in [0.15, 0.2) is 81.2 Å². The van der Waals surface area contributed by atoms with Gasteiger partial charge in [0.1, 0.15) is 24.0 Å². The van der Waals surface area contributed by atoms with Crippen LogP contribution in [-0.4, -0.2) is 5.91 Å². The SMILES string of the molecule is CCc1ccccc1NC(=O)/C(C#N)=C/c1cc(Br)ccc1OCc1ccccc1Br. The largest absolute Gasteiger partial charge is 0.488 e. The van der Waals surface area contributed by atoms with Gasteiger partial charge >= 0.3 is 0 Å². The molecule has 3 rings (SSSR count). The minimum absolute atomic E-state index is 0.00486. The smallest absolute Gasteiger partial charge is 0.266 e. The average molecular weight is 540 g/mol. The predicted octanol–water partition coefficient (Wildman–Crippen LogP) is 6.90. The molecule has 0 heterocycles. The molecular weight excluding hydrogens is 520 g/mol. The van der Waals surface area contributed by atoms with Gasteiger partial charge in [0.05, 0.1) is 0 Å². The molecule has 156 valence electrons. The number of carbonyl (C=O) groups is 1. The van der Waals surface area contributed by atoms with Gasteiger partial charge < -0.3 is 10.1 Å². The number of hydrogen-bond acceptors (Lipinski definition) is 3. The summed E-state index contributed by atoms with van der Waals surface area (Å²) in [6, 6.07) is 22.9. The Morgan fingerprint density at radius 3 is 2.48 bits per heavy atom. The number of nitrogens with one attached hydrogen (secondary N) is 1. The third-order valence-electron chi connectivity index (χ3n) is 4.62. The van der Waals surface area contributed by atoms with Crippen LogP contribution in [0.1, 0.15) is 23.6 Å². The molecule has 0 fully saturated rings. The van der Waals surface area contributed by atoms with E-state index in [1.54, 1.807) is 6.08 Å². The molecule has 3 aromatic carbocycles. The number of hydrogen-bond donors (Lipinski definition) is 1. The summed E-state index contributed by atoms with van der Waals surface area (Å²) in [5.74, 6) is 0.119. The van der Waals surface area contributed by atoms with Crippen LogP contribution in [0, 0.1) is 11.3 Å². The molecule has 1 amide bonds.